The summed E-state index contributed by atoms with van der Waals surface area (Å²) >= 11 is 5.86. The number of aliphatic carboxylic acids is 1. The van der Waals surface area contributed by atoms with E-state index in [-0.39, 0.29) is 22.1 Å². The molecule has 0 radical (unpaired) electrons. The first-order valence-electron chi connectivity index (χ1n) is 6.89. The molecular weight excluding hydrogens is 372 g/mol. The van der Waals surface area contributed by atoms with E-state index in [1.165, 1.54) is 0 Å². The zero-order valence-corrected chi connectivity index (χ0v) is 13.9. The molecule has 0 amide bonds. The fraction of sp³-hybridized carbons (Fsp3) is 0.125. The third kappa shape index (κ3) is 3.67. The van der Waals surface area contributed by atoms with Gasteiger partial charge in [-0.25, -0.2) is 9.59 Å². The van der Waals surface area contributed by atoms with E-state index in [1.807, 2.05) is 0 Å². The van der Waals surface area contributed by atoms with E-state index >= 15 is 0 Å². The smallest absolute Gasteiger partial charge is 0.335 e. The van der Waals surface area contributed by atoms with Crippen molar-refractivity contribution in [3.05, 3.63) is 45.3 Å². The van der Waals surface area contributed by atoms with Crippen LogP contribution in [-0.2, 0) is 20.7 Å². The van der Waals surface area contributed by atoms with Crippen molar-refractivity contribution in [1.29, 1.82) is 0 Å². The van der Waals surface area contributed by atoms with Crippen LogP contribution in [0.2, 0.25) is 0 Å². The van der Waals surface area contributed by atoms with Gasteiger partial charge in [0.2, 0.25) is 5.43 Å². The van der Waals surface area contributed by atoms with Crippen molar-refractivity contribution in [1.82, 2.24) is 0 Å². The van der Waals surface area contributed by atoms with Crippen molar-refractivity contribution in [3.8, 4) is 5.75 Å². The summed E-state index contributed by atoms with van der Waals surface area (Å²) < 4.78 is 9.84. The van der Waals surface area contributed by atoms with Crippen LogP contribution < -0.4 is 5.43 Å². The molecule has 136 valence electrons. The molecule has 1 heterocycles. The lowest BCUT2D eigenvalue weighted by Gasteiger charge is -2.10. The summed E-state index contributed by atoms with van der Waals surface area (Å²) in [4.78, 5) is 46.2. The van der Waals surface area contributed by atoms with Gasteiger partial charge in [0.05, 0.1) is 29.7 Å². The highest BCUT2D eigenvalue weighted by atomic mass is 35.5. The normalized spacial score (nSPS) is 11.4. The number of methoxy groups -OCH3 is 1. The molecule has 9 nitrogen and oxygen atoms in total. The largest absolute Gasteiger partial charge is 0.507 e. The molecule has 3 N–H and O–H groups in total. The second-order valence-electron chi connectivity index (χ2n) is 5.00. The van der Waals surface area contributed by atoms with Gasteiger partial charge in [-0.05, 0) is 12.1 Å². The average Bonchev–Trinajstić information content (AvgIpc) is 2.55. The SMILES string of the molecule is COC(=O)Cc1c(C(Cl)=CC(=O)O)oc2cc(C(=O)O)cc(O)c2c1=O. The highest BCUT2D eigenvalue weighted by Gasteiger charge is 2.23. The summed E-state index contributed by atoms with van der Waals surface area (Å²) in [6.45, 7) is 0. The van der Waals surface area contributed by atoms with Crippen molar-refractivity contribution in [2.24, 2.45) is 0 Å². The monoisotopic (exact) mass is 382 g/mol. The fourth-order valence-electron chi connectivity index (χ4n) is 2.20. The Morgan fingerprint density at radius 1 is 1.27 bits per heavy atom. The Labute approximate surface area is 149 Å². The number of esters is 1. The Bertz CT molecular complexity index is 1020. The van der Waals surface area contributed by atoms with Crippen molar-refractivity contribution < 1.29 is 38.9 Å². The number of phenols is 1. The topological polar surface area (TPSA) is 151 Å². The lowest BCUT2D eigenvalue weighted by molar-refractivity contribution is -0.139. The number of hydrogen-bond acceptors (Lipinski definition) is 7. The van der Waals surface area contributed by atoms with E-state index in [4.69, 9.17) is 26.2 Å². The molecule has 0 saturated heterocycles. The predicted molar refractivity (Wildman–Crippen MR) is 88.3 cm³/mol. The van der Waals surface area contributed by atoms with Gasteiger partial charge in [0, 0.05) is 6.08 Å². The van der Waals surface area contributed by atoms with Crippen LogP contribution in [0.3, 0.4) is 0 Å². The first-order chi connectivity index (χ1) is 12.1. The van der Waals surface area contributed by atoms with Gasteiger partial charge in [-0.1, -0.05) is 11.6 Å². The molecule has 0 unspecified atom stereocenters. The van der Waals surface area contributed by atoms with Gasteiger partial charge in [0.25, 0.3) is 0 Å². The molecule has 2 rings (SSSR count). The second-order valence-corrected chi connectivity index (χ2v) is 5.40. The van der Waals surface area contributed by atoms with E-state index in [0.717, 1.165) is 19.2 Å². The summed E-state index contributed by atoms with van der Waals surface area (Å²) in [5, 5.41) is 27.0. The second kappa shape index (κ2) is 7.28. The van der Waals surface area contributed by atoms with Crippen LogP contribution >= 0.6 is 11.6 Å². The van der Waals surface area contributed by atoms with Crippen LogP contribution in [0.5, 0.6) is 5.75 Å². The van der Waals surface area contributed by atoms with Gasteiger partial charge in [0.15, 0.2) is 5.76 Å². The molecular formula is C16H11ClO9. The van der Waals surface area contributed by atoms with Crippen LogP contribution in [0.1, 0.15) is 21.7 Å². The van der Waals surface area contributed by atoms with Gasteiger partial charge in [-0.15, -0.1) is 0 Å². The van der Waals surface area contributed by atoms with Crippen LogP contribution in [0.4, 0.5) is 0 Å². The van der Waals surface area contributed by atoms with Crippen molar-refractivity contribution in [2.45, 2.75) is 6.42 Å². The number of hydrogen-bond donors (Lipinski definition) is 3. The predicted octanol–water partition coefficient (Wildman–Crippen LogP) is 1.58. The van der Waals surface area contributed by atoms with Gasteiger partial charge >= 0.3 is 17.9 Å². The highest BCUT2D eigenvalue weighted by molar-refractivity contribution is 6.49. The quantitative estimate of drug-likeness (QED) is 0.516. The van der Waals surface area contributed by atoms with Crippen LogP contribution in [0.25, 0.3) is 16.0 Å². The number of halogens is 1. The molecule has 0 aliphatic heterocycles. The number of carboxylic acid groups (broad SMARTS) is 2. The highest BCUT2D eigenvalue weighted by Crippen LogP contribution is 2.30. The van der Waals surface area contributed by atoms with Crippen molar-refractivity contribution in [3.63, 3.8) is 0 Å². The third-order valence-corrected chi connectivity index (χ3v) is 3.61. The average molecular weight is 383 g/mol. The minimum absolute atomic E-state index is 0.340. The molecule has 1 aromatic heterocycles. The van der Waals surface area contributed by atoms with E-state index in [0.29, 0.717) is 6.08 Å². The summed E-state index contributed by atoms with van der Waals surface area (Å²) in [5.41, 5.74) is -1.93. The first-order valence-corrected chi connectivity index (χ1v) is 7.26. The van der Waals surface area contributed by atoms with Gasteiger partial charge in [-0.3, -0.25) is 9.59 Å². The molecule has 0 aliphatic carbocycles. The lowest BCUT2D eigenvalue weighted by Crippen LogP contribution is -2.18. The summed E-state index contributed by atoms with van der Waals surface area (Å²) in [6.07, 6.45) is -0.0682. The number of fused-ring (bicyclic) bond motifs is 1. The Morgan fingerprint density at radius 3 is 2.46 bits per heavy atom. The van der Waals surface area contributed by atoms with E-state index < -0.39 is 46.3 Å². The molecule has 10 heteroatoms. The number of phenolic OH excluding ortho intramolecular Hbond substituents is 1. The number of rotatable bonds is 5. The number of carbonyl (C=O) groups is 3. The molecule has 2 aromatic rings. The first kappa shape index (κ1) is 19.0. The maximum absolute atomic E-state index is 12.7. The van der Waals surface area contributed by atoms with E-state index in [1.54, 1.807) is 0 Å². The molecule has 0 atom stereocenters. The third-order valence-electron chi connectivity index (χ3n) is 3.33. The molecule has 0 saturated carbocycles. The van der Waals surface area contributed by atoms with Gasteiger partial charge < -0.3 is 24.5 Å². The van der Waals surface area contributed by atoms with Gasteiger partial charge in [-0.2, -0.15) is 0 Å². The Hall–Kier alpha value is -3.33. The molecule has 0 bridgehead atoms. The van der Waals surface area contributed by atoms with Crippen LogP contribution in [0, 0.1) is 0 Å². The summed E-state index contributed by atoms with van der Waals surface area (Å²) in [6, 6.07) is 1.81. The number of carbonyl (C=O) groups excluding carboxylic acids is 1. The number of carboxylic acids is 2. The Kier molecular flexibility index (Phi) is 5.32. The molecule has 26 heavy (non-hydrogen) atoms. The lowest BCUT2D eigenvalue weighted by atomic mass is 10.0. The molecule has 1 aromatic carbocycles. The van der Waals surface area contributed by atoms with Crippen molar-refractivity contribution in [2.75, 3.05) is 7.11 Å². The number of aromatic carboxylic acids is 1. The zero-order chi connectivity index (χ0) is 19.6. The number of aromatic hydroxyl groups is 1. The van der Waals surface area contributed by atoms with Crippen molar-refractivity contribution >= 4 is 45.5 Å². The fourth-order valence-corrected chi connectivity index (χ4v) is 2.45. The summed E-state index contributed by atoms with van der Waals surface area (Å²) in [7, 11) is 1.08. The summed E-state index contributed by atoms with van der Waals surface area (Å²) in [5.74, 6) is -4.79. The Morgan fingerprint density at radius 2 is 1.92 bits per heavy atom. The maximum Gasteiger partial charge on any atom is 0.335 e. The molecule has 0 aliphatic rings. The minimum Gasteiger partial charge on any atom is -0.507 e. The minimum atomic E-state index is -1.44. The molecule has 0 fully saturated rings. The number of benzene rings is 1. The van der Waals surface area contributed by atoms with Crippen LogP contribution in [0.15, 0.2) is 27.4 Å². The number of ether oxygens (including phenoxy) is 1. The standard InChI is InChI=1S/C16H11ClO9/c1-25-12(21)4-7-14(22)13-9(18)2-6(16(23)24)3-10(13)26-15(7)8(17)5-11(19)20/h2-3,5,18H,4H2,1H3,(H,19,20)(H,23,24). The van der Waals surface area contributed by atoms with Crippen LogP contribution in [-0.4, -0.2) is 40.3 Å². The van der Waals surface area contributed by atoms with E-state index in [2.05, 4.69) is 4.74 Å². The van der Waals surface area contributed by atoms with E-state index in [9.17, 15) is 24.3 Å². The zero-order valence-electron chi connectivity index (χ0n) is 13.1. The van der Waals surface area contributed by atoms with Gasteiger partial charge in [0.1, 0.15) is 16.7 Å². The maximum atomic E-state index is 12.7. The Balaban J connectivity index is 2.91. The molecule has 0 spiro atoms.